The van der Waals surface area contributed by atoms with Gasteiger partial charge in [0.05, 0.1) is 17.7 Å². The Morgan fingerprint density at radius 3 is 2.11 bits per heavy atom. The predicted molar refractivity (Wildman–Crippen MR) is 126 cm³/mol. The summed E-state index contributed by atoms with van der Waals surface area (Å²) in [6.45, 7) is 16.1. The number of thioether (sulfide) groups is 1. The largest absolute Gasteiger partial charge is 0.373 e. The van der Waals surface area contributed by atoms with Crippen molar-refractivity contribution in [3.05, 3.63) is 0 Å². The normalized spacial score (nSPS) is 12.6. The van der Waals surface area contributed by atoms with Crippen molar-refractivity contribution in [2.24, 2.45) is 5.92 Å². The third-order valence-electron chi connectivity index (χ3n) is 6.05. The summed E-state index contributed by atoms with van der Waals surface area (Å²) in [6, 6.07) is 0. The Hall–Kier alpha value is -0.220. The number of amides is 1. The van der Waals surface area contributed by atoms with Gasteiger partial charge in [-0.15, -0.1) is 0 Å². The van der Waals surface area contributed by atoms with Crippen molar-refractivity contribution in [2.45, 2.75) is 124 Å². The lowest BCUT2D eigenvalue weighted by Crippen LogP contribution is -2.53. The lowest BCUT2D eigenvalue weighted by Gasteiger charge is -2.39. The van der Waals surface area contributed by atoms with Crippen LogP contribution in [0.4, 0.5) is 0 Å². The molecule has 0 aromatic heterocycles. The number of ether oxygens (including phenoxy) is 1. The van der Waals surface area contributed by atoms with Gasteiger partial charge in [-0.1, -0.05) is 61.3 Å². The molecule has 0 spiro atoms. The number of hydrogen-bond acceptors (Lipinski definition) is 3. The van der Waals surface area contributed by atoms with Crippen LogP contribution in [0.1, 0.15) is 113 Å². The summed E-state index contributed by atoms with van der Waals surface area (Å²) < 4.78 is 6.49. The third kappa shape index (κ3) is 11.1. The molecule has 1 N–H and O–H groups in total. The molecule has 0 aromatic carbocycles. The molecule has 3 nitrogen and oxygen atoms in total. The van der Waals surface area contributed by atoms with Gasteiger partial charge in [0.15, 0.2) is 0 Å². The molecule has 0 fully saturated rings. The van der Waals surface area contributed by atoms with Crippen LogP contribution < -0.4 is 5.32 Å². The molecule has 1 amide bonds. The highest BCUT2D eigenvalue weighted by atomic mass is 32.2. The fraction of sp³-hybridized carbons (Fsp3) is 0.958. The zero-order chi connectivity index (χ0) is 21.5. The smallest absolute Gasteiger partial charge is 0.220 e. The van der Waals surface area contributed by atoms with Gasteiger partial charge in [-0.3, -0.25) is 4.79 Å². The fourth-order valence-electron chi connectivity index (χ4n) is 3.64. The van der Waals surface area contributed by atoms with Gasteiger partial charge in [0.25, 0.3) is 0 Å². The Labute approximate surface area is 180 Å². The fourth-order valence-corrected chi connectivity index (χ4v) is 4.68. The maximum absolute atomic E-state index is 12.6. The van der Waals surface area contributed by atoms with Crippen LogP contribution in [0.5, 0.6) is 0 Å². The second-order valence-electron chi connectivity index (χ2n) is 8.74. The molecule has 0 aromatic rings. The molecule has 0 radical (unpaired) electrons. The second-order valence-corrected chi connectivity index (χ2v) is 9.89. The second kappa shape index (κ2) is 15.6. The SMILES string of the molecule is CCCC(CC)(CC)OCC(CC)(CC)NC(=O)CCCCCSCC(C)C. The van der Waals surface area contributed by atoms with Crippen LogP contribution >= 0.6 is 11.8 Å². The summed E-state index contributed by atoms with van der Waals surface area (Å²) in [7, 11) is 0. The van der Waals surface area contributed by atoms with Gasteiger partial charge in [-0.25, -0.2) is 0 Å². The van der Waals surface area contributed by atoms with Gasteiger partial charge in [0, 0.05) is 6.42 Å². The lowest BCUT2D eigenvalue weighted by atomic mass is 9.89. The van der Waals surface area contributed by atoms with E-state index in [2.05, 4.69) is 53.8 Å². The molecule has 168 valence electrons. The van der Waals surface area contributed by atoms with E-state index in [1.54, 1.807) is 0 Å². The third-order valence-corrected chi connectivity index (χ3v) is 7.53. The van der Waals surface area contributed by atoms with Crippen LogP contribution in [-0.2, 0) is 9.53 Å². The van der Waals surface area contributed by atoms with E-state index in [1.807, 2.05) is 11.8 Å². The summed E-state index contributed by atoms with van der Waals surface area (Å²) in [5.41, 5.74) is -0.268. The minimum absolute atomic E-state index is 0.0390. The molecule has 0 aliphatic heterocycles. The van der Waals surface area contributed by atoms with E-state index < -0.39 is 0 Å². The van der Waals surface area contributed by atoms with Crippen molar-refractivity contribution < 1.29 is 9.53 Å². The molecule has 28 heavy (non-hydrogen) atoms. The summed E-state index contributed by atoms with van der Waals surface area (Å²) in [4.78, 5) is 12.6. The standard InChI is InChI=1S/C24H49NO2S/c1-8-17-24(11-4,12-5)27-20-23(9-2,10-3)25-22(26)16-14-13-15-18-28-19-21(6)7/h21H,8-20H2,1-7H3,(H,25,26). The zero-order valence-corrected chi connectivity index (χ0v) is 20.8. The topological polar surface area (TPSA) is 38.3 Å². The van der Waals surface area contributed by atoms with Gasteiger partial charge in [0.1, 0.15) is 0 Å². The lowest BCUT2D eigenvalue weighted by molar-refractivity contribution is -0.127. The highest BCUT2D eigenvalue weighted by molar-refractivity contribution is 7.99. The molecule has 0 atom stereocenters. The van der Waals surface area contributed by atoms with E-state index >= 15 is 0 Å². The van der Waals surface area contributed by atoms with E-state index in [9.17, 15) is 4.79 Å². The highest BCUT2D eigenvalue weighted by Crippen LogP contribution is 2.29. The van der Waals surface area contributed by atoms with Crippen molar-refractivity contribution in [1.82, 2.24) is 5.32 Å². The van der Waals surface area contributed by atoms with Crippen molar-refractivity contribution in [2.75, 3.05) is 18.1 Å². The number of rotatable bonds is 18. The number of nitrogens with one attached hydrogen (secondary N) is 1. The Bertz CT molecular complexity index is 390. The number of hydrogen-bond donors (Lipinski definition) is 1. The van der Waals surface area contributed by atoms with Crippen LogP contribution in [0.25, 0.3) is 0 Å². The maximum Gasteiger partial charge on any atom is 0.220 e. The predicted octanol–water partition coefficient (Wildman–Crippen LogP) is 6.99. The molecule has 0 saturated heterocycles. The summed E-state index contributed by atoms with van der Waals surface area (Å²) in [5, 5.41) is 3.34. The summed E-state index contributed by atoms with van der Waals surface area (Å²) in [6.07, 6.45) is 10.1. The van der Waals surface area contributed by atoms with E-state index in [0.29, 0.717) is 13.0 Å². The molecular formula is C24H49NO2S. The van der Waals surface area contributed by atoms with Crippen LogP contribution in [0.2, 0.25) is 0 Å². The molecule has 4 heteroatoms. The van der Waals surface area contributed by atoms with E-state index in [0.717, 1.165) is 57.3 Å². The quantitative estimate of drug-likeness (QED) is 0.245. The first-order valence-electron chi connectivity index (χ1n) is 11.8. The molecular weight excluding hydrogens is 366 g/mol. The molecule has 0 unspecified atom stereocenters. The van der Waals surface area contributed by atoms with Crippen LogP contribution in [0, 0.1) is 5.92 Å². The maximum atomic E-state index is 12.6. The number of carbonyl (C=O) groups excluding carboxylic acids is 1. The van der Waals surface area contributed by atoms with E-state index in [1.165, 1.54) is 17.9 Å². The number of unbranched alkanes of at least 4 members (excludes halogenated alkanes) is 2. The Morgan fingerprint density at radius 2 is 1.61 bits per heavy atom. The Morgan fingerprint density at radius 1 is 0.964 bits per heavy atom. The highest BCUT2D eigenvalue weighted by Gasteiger charge is 2.33. The minimum atomic E-state index is -0.229. The molecule has 0 heterocycles. The first-order valence-corrected chi connectivity index (χ1v) is 13.0. The van der Waals surface area contributed by atoms with Crippen molar-refractivity contribution >= 4 is 17.7 Å². The molecule has 0 aliphatic carbocycles. The zero-order valence-electron chi connectivity index (χ0n) is 20.0. The van der Waals surface area contributed by atoms with Crippen molar-refractivity contribution in [1.29, 1.82) is 0 Å². The van der Waals surface area contributed by atoms with Gasteiger partial charge in [0.2, 0.25) is 5.91 Å². The van der Waals surface area contributed by atoms with Crippen molar-refractivity contribution in [3.8, 4) is 0 Å². The van der Waals surface area contributed by atoms with E-state index in [4.69, 9.17) is 4.74 Å². The monoisotopic (exact) mass is 415 g/mol. The van der Waals surface area contributed by atoms with Crippen LogP contribution in [0.15, 0.2) is 0 Å². The molecule has 0 aliphatic rings. The first kappa shape index (κ1) is 27.8. The summed E-state index contributed by atoms with van der Waals surface area (Å²) in [5.74, 6) is 3.42. The average molecular weight is 416 g/mol. The molecule has 0 bridgehead atoms. The molecule has 0 saturated carbocycles. The van der Waals surface area contributed by atoms with Crippen LogP contribution in [0.3, 0.4) is 0 Å². The van der Waals surface area contributed by atoms with Crippen molar-refractivity contribution in [3.63, 3.8) is 0 Å². The van der Waals surface area contributed by atoms with E-state index in [-0.39, 0.29) is 17.0 Å². The Balaban J connectivity index is 4.44. The minimum Gasteiger partial charge on any atom is -0.373 e. The van der Waals surface area contributed by atoms with Crippen LogP contribution in [-0.4, -0.2) is 35.2 Å². The van der Waals surface area contributed by atoms with Gasteiger partial charge >= 0.3 is 0 Å². The Kier molecular flexibility index (Phi) is 15.5. The molecule has 0 rings (SSSR count). The van der Waals surface area contributed by atoms with Gasteiger partial charge < -0.3 is 10.1 Å². The number of carbonyl (C=O) groups is 1. The summed E-state index contributed by atoms with van der Waals surface area (Å²) >= 11 is 2.04. The average Bonchev–Trinajstić information content (AvgIpc) is 2.69. The van der Waals surface area contributed by atoms with Gasteiger partial charge in [-0.2, -0.15) is 11.8 Å². The first-order chi connectivity index (χ1) is 13.3. The van der Waals surface area contributed by atoms with Gasteiger partial charge in [-0.05, 0) is 62.4 Å².